The fraction of sp³-hybridized carbons (Fsp3) is 0.333. The molecule has 1 aromatic heterocycles. The third-order valence-corrected chi connectivity index (χ3v) is 3.09. The third kappa shape index (κ3) is 2.58. The normalized spacial score (nSPS) is 12.2. The summed E-state index contributed by atoms with van der Waals surface area (Å²) in [6.07, 6.45) is -4.44. The minimum atomic E-state index is -4.44. The molecular weight excluding hydrogens is 293 g/mol. The van der Waals surface area contributed by atoms with Crippen LogP contribution in [-0.4, -0.2) is 15.0 Å². The molecule has 0 amide bonds. The van der Waals surface area contributed by atoms with E-state index in [0.717, 1.165) is 12.1 Å². The maximum Gasteiger partial charge on any atom is 0.416 e. The van der Waals surface area contributed by atoms with Crippen LogP contribution in [0.4, 0.5) is 19.0 Å². The van der Waals surface area contributed by atoms with Crippen molar-refractivity contribution in [2.24, 2.45) is 0 Å². The SMILES string of the molecule is CC(C)c1c(N)nnn1-c1ccc(C(F)(F)F)cc1Cl. The Labute approximate surface area is 118 Å². The van der Waals surface area contributed by atoms with E-state index in [1.165, 1.54) is 10.7 Å². The Hall–Kier alpha value is -1.76. The van der Waals surface area contributed by atoms with Crippen LogP contribution in [0, 0.1) is 0 Å². The Balaban J connectivity index is 2.55. The molecule has 0 unspecified atom stereocenters. The van der Waals surface area contributed by atoms with Crippen molar-refractivity contribution in [1.29, 1.82) is 0 Å². The lowest BCUT2D eigenvalue weighted by molar-refractivity contribution is -0.137. The molecule has 0 aliphatic carbocycles. The Bertz CT molecular complexity index is 634. The summed E-state index contributed by atoms with van der Waals surface area (Å²) in [6.45, 7) is 3.76. The average molecular weight is 305 g/mol. The molecule has 0 saturated heterocycles. The Morgan fingerprint density at radius 2 is 1.95 bits per heavy atom. The van der Waals surface area contributed by atoms with Gasteiger partial charge in [-0.1, -0.05) is 30.7 Å². The van der Waals surface area contributed by atoms with Crippen molar-refractivity contribution in [1.82, 2.24) is 15.0 Å². The van der Waals surface area contributed by atoms with Gasteiger partial charge in [-0.2, -0.15) is 13.2 Å². The number of nitrogens with zero attached hydrogens (tertiary/aromatic N) is 3. The van der Waals surface area contributed by atoms with E-state index < -0.39 is 11.7 Å². The smallest absolute Gasteiger partial charge is 0.381 e. The van der Waals surface area contributed by atoms with E-state index in [4.69, 9.17) is 17.3 Å². The molecule has 0 radical (unpaired) electrons. The molecular formula is C12H12ClF3N4. The number of nitrogen functional groups attached to an aromatic ring is 1. The minimum absolute atomic E-state index is 0.00311. The van der Waals surface area contributed by atoms with Gasteiger partial charge in [0.05, 0.1) is 22.0 Å². The van der Waals surface area contributed by atoms with Crippen molar-refractivity contribution >= 4 is 17.4 Å². The second kappa shape index (κ2) is 4.97. The Morgan fingerprint density at radius 3 is 2.45 bits per heavy atom. The molecule has 0 bridgehead atoms. The van der Waals surface area contributed by atoms with Gasteiger partial charge in [0.25, 0.3) is 0 Å². The number of aromatic nitrogens is 3. The lowest BCUT2D eigenvalue weighted by atomic mass is 10.1. The van der Waals surface area contributed by atoms with Gasteiger partial charge in [0.15, 0.2) is 5.82 Å². The maximum absolute atomic E-state index is 12.6. The number of nitrogens with two attached hydrogens (primary N) is 1. The van der Waals surface area contributed by atoms with Gasteiger partial charge in [-0.25, -0.2) is 4.68 Å². The Morgan fingerprint density at radius 1 is 1.30 bits per heavy atom. The standard InChI is InChI=1S/C12H12ClF3N4/c1-6(2)10-11(17)18-19-20(10)9-4-3-7(5-8(9)13)12(14,15)16/h3-6H,17H2,1-2H3. The third-order valence-electron chi connectivity index (χ3n) is 2.78. The van der Waals surface area contributed by atoms with Crippen LogP contribution < -0.4 is 5.73 Å². The molecule has 1 aromatic carbocycles. The lowest BCUT2D eigenvalue weighted by Crippen LogP contribution is -2.09. The van der Waals surface area contributed by atoms with Crippen LogP contribution >= 0.6 is 11.6 Å². The zero-order chi connectivity index (χ0) is 15.1. The predicted octanol–water partition coefficient (Wildman–Crippen LogP) is 3.65. The molecule has 2 N–H and O–H groups in total. The first-order valence-electron chi connectivity index (χ1n) is 5.80. The number of hydrogen-bond acceptors (Lipinski definition) is 3. The summed E-state index contributed by atoms with van der Waals surface area (Å²) in [5.74, 6) is 0.235. The molecule has 4 nitrogen and oxygen atoms in total. The van der Waals surface area contributed by atoms with Crippen LogP contribution in [0.1, 0.15) is 31.0 Å². The first-order valence-corrected chi connectivity index (χ1v) is 6.17. The van der Waals surface area contributed by atoms with Gasteiger partial charge < -0.3 is 5.73 Å². The van der Waals surface area contributed by atoms with Gasteiger partial charge >= 0.3 is 6.18 Å². The molecule has 2 rings (SSSR count). The molecule has 0 fully saturated rings. The second-order valence-corrected chi connectivity index (χ2v) is 5.00. The molecule has 0 spiro atoms. The quantitative estimate of drug-likeness (QED) is 0.921. The van der Waals surface area contributed by atoms with Crippen molar-refractivity contribution in [3.63, 3.8) is 0 Å². The van der Waals surface area contributed by atoms with Crippen LogP contribution in [0.2, 0.25) is 5.02 Å². The first-order chi connectivity index (χ1) is 9.21. The molecule has 20 heavy (non-hydrogen) atoms. The van der Waals surface area contributed by atoms with Gasteiger partial charge in [-0.3, -0.25) is 0 Å². The van der Waals surface area contributed by atoms with E-state index in [0.29, 0.717) is 11.4 Å². The zero-order valence-corrected chi connectivity index (χ0v) is 11.5. The van der Waals surface area contributed by atoms with Gasteiger partial charge in [0.2, 0.25) is 0 Å². The number of anilines is 1. The van der Waals surface area contributed by atoms with E-state index in [1.807, 2.05) is 13.8 Å². The van der Waals surface area contributed by atoms with Crippen molar-refractivity contribution in [3.05, 3.63) is 34.5 Å². The number of rotatable bonds is 2. The van der Waals surface area contributed by atoms with Crippen molar-refractivity contribution in [2.75, 3.05) is 5.73 Å². The van der Waals surface area contributed by atoms with E-state index in [1.54, 1.807) is 0 Å². The summed E-state index contributed by atoms with van der Waals surface area (Å²) in [5, 5.41) is 7.51. The number of benzene rings is 1. The highest BCUT2D eigenvalue weighted by Gasteiger charge is 2.31. The van der Waals surface area contributed by atoms with E-state index >= 15 is 0 Å². The van der Waals surface area contributed by atoms with Crippen LogP contribution in [-0.2, 0) is 6.18 Å². The largest absolute Gasteiger partial charge is 0.416 e. The number of halogens is 4. The van der Waals surface area contributed by atoms with E-state index in [-0.39, 0.29) is 16.8 Å². The molecule has 8 heteroatoms. The molecule has 2 aromatic rings. The highest BCUT2D eigenvalue weighted by atomic mass is 35.5. The number of alkyl halides is 3. The summed E-state index contributed by atoms with van der Waals surface area (Å²) < 4.78 is 39.2. The fourth-order valence-corrected chi connectivity index (χ4v) is 2.13. The predicted molar refractivity (Wildman–Crippen MR) is 69.9 cm³/mol. The zero-order valence-electron chi connectivity index (χ0n) is 10.7. The number of hydrogen-bond donors (Lipinski definition) is 1. The highest BCUT2D eigenvalue weighted by Crippen LogP contribution is 2.34. The summed E-state index contributed by atoms with van der Waals surface area (Å²) in [4.78, 5) is 0. The summed E-state index contributed by atoms with van der Waals surface area (Å²) in [6, 6.07) is 3.06. The summed E-state index contributed by atoms with van der Waals surface area (Å²) >= 11 is 5.93. The average Bonchev–Trinajstić information content (AvgIpc) is 2.69. The summed E-state index contributed by atoms with van der Waals surface area (Å²) in [7, 11) is 0. The molecule has 0 atom stereocenters. The highest BCUT2D eigenvalue weighted by molar-refractivity contribution is 6.32. The van der Waals surface area contributed by atoms with Crippen molar-refractivity contribution < 1.29 is 13.2 Å². The lowest BCUT2D eigenvalue weighted by Gasteiger charge is -2.13. The molecule has 0 aliphatic heterocycles. The van der Waals surface area contributed by atoms with Crippen LogP contribution in [0.3, 0.4) is 0 Å². The van der Waals surface area contributed by atoms with Gasteiger partial charge in [0, 0.05) is 0 Å². The summed E-state index contributed by atoms with van der Waals surface area (Å²) in [5.41, 5.74) is 5.81. The first kappa shape index (κ1) is 14.6. The van der Waals surface area contributed by atoms with E-state index in [2.05, 4.69) is 10.3 Å². The molecule has 1 heterocycles. The second-order valence-electron chi connectivity index (χ2n) is 4.59. The van der Waals surface area contributed by atoms with Gasteiger partial charge in [0.1, 0.15) is 0 Å². The van der Waals surface area contributed by atoms with Gasteiger partial charge in [-0.05, 0) is 24.1 Å². The fourth-order valence-electron chi connectivity index (χ4n) is 1.87. The van der Waals surface area contributed by atoms with Crippen LogP contribution in [0.5, 0.6) is 0 Å². The van der Waals surface area contributed by atoms with Crippen molar-refractivity contribution in [2.45, 2.75) is 25.9 Å². The van der Waals surface area contributed by atoms with Crippen LogP contribution in [0.15, 0.2) is 18.2 Å². The topological polar surface area (TPSA) is 56.7 Å². The molecule has 108 valence electrons. The van der Waals surface area contributed by atoms with E-state index in [9.17, 15) is 13.2 Å². The molecule has 0 aliphatic rings. The Kier molecular flexibility index (Phi) is 3.64. The van der Waals surface area contributed by atoms with Crippen molar-refractivity contribution in [3.8, 4) is 5.69 Å². The maximum atomic E-state index is 12.6. The molecule has 0 saturated carbocycles. The monoisotopic (exact) mass is 304 g/mol. The van der Waals surface area contributed by atoms with Crippen LogP contribution in [0.25, 0.3) is 5.69 Å². The minimum Gasteiger partial charge on any atom is -0.381 e. The van der Waals surface area contributed by atoms with Gasteiger partial charge in [-0.15, -0.1) is 5.10 Å².